The van der Waals surface area contributed by atoms with Crippen molar-refractivity contribution in [2.45, 2.75) is 0 Å². The molecule has 0 atom stereocenters. The molecular formula is C18H14N2O3. The molecule has 0 N–H and O–H groups in total. The van der Waals surface area contributed by atoms with Crippen molar-refractivity contribution in [3.63, 3.8) is 0 Å². The van der Waals surface area contributed by atoms with Crippen LogP contribution in [0.5, 0.6) is 11.5 Å². The number of aromatic nitrogens is 1. The Kier molecular flexibility index (Phi) is 3.98. The van der Waals surface area contributed by atoms with Gasteiger partial charge in [-0.05, 0) is 35.9 Å². The summed E-state index contributed by atoms with van der Waals surface area (Å²) in [5.41, 5.74) is 2.40. The van der Waals surface area contributed by atoms with Crippen LogP contribution in [0, 0.1) is 11.3 Å². The highest BCUT2D eigenvalue weighted by atomic mass is 16.5. The van der Waals surface area contributed by atoms with E-state index in [0.717, 1.165) is 16.7 Å². The van der Waals surface area contributed by atoms with Crippen LogP contribution in [0.3, 0.4) is 0 Å². The van der Waals surface area contributed by atoms with E-state index in [-0.39, 0.29) is 0 Å². The molecule has 0 spiro atoms. The highest BCUT2D eigenvalue weighted by Gasteiger charge is 2.13. The number of rotatable bonds is 4. The molecule has 5 nitrogen and oxygen atoms in total. The van der Waals surface area contributed by atoms with Crippen molar-refractivity contribution in [3.05, 3.63) is 53.7 Å². The molecule has 1 heterocycles. The number of nitriles is 1. The summed E-state index contributed by atoms with van der Waals surface area (Å²) in [6.45, 7) is 0. The van der Waals surface area contributed by atoms with Gasteiger partial charge < -0.3 is 14.0 Å². The first-order chi connectivity index (χ1) is 11.2. The molecule has 0 bridgehead atoms. The van der Waals surface area contributed by atoms with Gasteiger partial charge in [0.1, 0.15) is 23.3 Å². The van der Waals surface area contributed by atoms with E-state index < -0.39 is 0 Å². The minimum atomic E-state index is 0.430. The zero-order valence-electron chi connectivity index (χ0n) is 12.7. The van der Waals surface area contributed by atoms with Crippen molar-refractivity contribution in [1.82, 2.24) is 5.16 Å². The lowest BCUT2D eigenvalue weighted by Crippen LogP contribution is -1.85. The Labute approximate surface area is 133 Å². The molecule has 0 unspecified atom stereocenters. The van der Waals surface area contributed by atoms with Crippen LogP contribution in [0.25, 0.3) is 22.6 Å². The van der Waals surface area contributed by atoms with Crippen LogP contribution in [0.15, 0.2) is 47.0 Å². The molecule has 114 valence electrons. The maximum Gasteiger partial charge on any atom is 0.171 e. The van der Waals surface area contributed by atoms with Crippen LogP contribution in [0.4, 0.5) is 0 Å². The van der Waals surface area contributed by atoms with Gasteiger partial charge in [-0.1, -0.05) is 17.3 Å². The summed E-state index contributed by atoms with van der Waals surface area (Å²) in [7, 11) is 3.20. The zero-order valence-corrected chi connectivity index (χ0v) is 12.7. The smallest absolute Gasteiger partial charge is 0.171 e. The lowest BCUT2D eigenvalue weighted by atomic mass is 10.1. The van der Waals surface area contributed by atoms with Crippen molar-refractivity contribution >= 4 is 22.6 Å². The third-order valence-corrected chi connectivity index (χ3v) is 3.48. The van der Waals surface area contributed by atoms with Gasteiger partial charge in [0.05, 0.1) is 25.2 Å². The Bertz CT molecular complexity index is 902. The fraction of sp³-hybridized carbons (Fsp3) is 0.111. The minimum Gasteiger partial charge on any atom is -0.497 e. The minimum absolute atomic E-state index is 0.430. The summed E-state index contributed by atoms with van der Waals surface area (Å²) >= 11 is 0. The van der Waals surface area contributed by atoms with Gasteiger partial charge in [-0.2, -0.15) is 5.26 Å². The van der Waals surface area contributed by atoms with Crippen molar-refractivity contribution in [2.24, 2.45) is 0 Å². The Balaban J connectivity index is 2.03. The maximum atomic E-state index is 9.47. The molecule has 0 amide bonds. The zero-order chi connectivity index (χ0) is 16.2. The summed E-state index contributed by atoms with van der Waals surface area (Å²) in [5, 5.41) is 14.3. The number of methoxy groups -OCH3 is 2. The molecule has 0 saturated carbocycles. The predicted molar refractivity (Wildman–Crippen MR) is 87.0 cm³/mol. The molecule has 2 aromatic carbocycles. The van der Waals surface area contributed by atoms with Crippen molar-refractivity contribution in [2.75, 3.05) is 14.2 Å². The lowest BCUT2D eigenvalue weighted by Gasteiger charge is -2.00. The first kappa shape index (κ1) is 14.7. The van der Waals surface area contributed by atoms with Gasteiger partial charge >= 0.3 is 0 Å². The SMILES string of the molecule is COc1ccc(/C=C(\C#N)c2noc3cc(OC)ccc23)cc1. The van der Waals surface area contributed by atoms with Gasteiger partial charge in [0.15, 0.2) is 5.58 Å². The number of fused-ring (bicyclic) bond motifs is 1. The summed E-state index contributed by atoms with van der Waals surface area (Å²) < 4.78 is 15.6. The highest BCUT2D eigenvalue weighted by molar-refractivity contribution is 5.98. The topological polar surface area (TPSA) is 68.3 Å². The molecule has 3 rings (SSSR count). The summed E-state index contributed by atoms with van der Waals surface area (Å²) in [6, 6.07) is 15.0. The van der Waals surface area contributed by atoms with Crippen LogP contribution >= 0.6 is 0 Å². The fourth-order valence-electron chi connectivity index (χ4n) is 2.26. The Hall–Kier alpha value is -3.26. The van der Waals surface area contributed by atoms with E-state index in [1.165, 1.54) is 0 Å². The van der Waals surface area contributed by atoms with Gasteiger partial charge in [-0.15, -0.1) is 0 Å². The molecule has 0 saturated heterocycles. The van der Waals surface area contributed by atoms with E-state index in [1.807, 2.05) is 36.4 Å². The molecule has 0 radical (unpaired) electrons. The predicted octanol–water partition coefficient (Wildman–Crippen LogP) is 3.91. The van der Waals surface area contributed by atoms with Crippen LogP contribution in [-0.4, -0.2) is 19.4 Å². The standard InChI is InChI=1S/C18H14N2O3/c1-21-14-5-3-12(4-6-14)9-13(11-19)18-16-8-7-15(22-2)10-17(16)23-20-18/h3-10H,1-2H3/b13-9+. The van der Waals surface area contributed by atoms with Crippen LogP contribution < -0.4 is 9.47 Å². The van der Waals surface area contributed by atoms with Gasteiger partial charge in [0, 0.05) is 6.07 Å². The monoisotopic (exact) mass is 306 g/mol. The number of hydrogen-bond donors (Lipinski definition) is 0. The third kappa shape index (κ3) is 2.87. The number of benzene rings is 2. The molecule has 0 aliphatic heterocycles. The number of nitrogens with zero attached hydrogens (tertiary/aromatic N) is 2. The molecule has 5 heteroatoms. The molecular weight excluding hydrogens is 292 g/mol. The second kappa shape index (κ2) is 6.24. The first-order valence-electron chi connectivity index (χ1n) is 6.95. The van der Waals surface area contributed by atoms with Crippen molar-refractivity contribution in [1.29, 1.82) is 5.26 Å². The first-order valence-corrected chi connectivity index (χ1v) is 6.95. The molecule has 3 aromatic rings. The summed E-state index contributed by atoms with van der Waals surface area (Å²) in [4.78, 5) is 0. The molecule has 1 aromatic heterocycles. The van der Waals surface area contributed by atoms with Gasteiger partial charge in [0.2, 0.25) is 0 Å². The van der Waals surface area contributed by atoms with E-state index in [4.69, 9.17) is 14.0 Å². The van der Waals surface area contributed by atoms with Crippen LogP contribution in [0.2, 0.25) is 0 Å². The lowest BCUT2D eigenvalue weighted by molar-refractivity contribution is 0.411. The third-order valence-electron chi connectivity index (χ3n) is 3.48. The fourth-order valence-corrected chi connectivity index (χ4v) is 2.26. The normalized spacial score (nSPS) is 11.3. The second-order valence-corrected chi connectivity index (χ2v) is 4.84. The van der Waals surface area contributed by atoms with Gasteiger partial charge in [0.25, 0.3) is 0 Å². The highest BCUT2D eigenvalue weighted by Crippen LogP contribution is 2.28. The van der Waals surface area contributed by atoms with E-state index in [2.05, 4.69) is 11.2 Å². The van der Waals surface area contributed by atoms with E-state index in [0.29, 0.717) is 22.6 Å². The van der Waals surface area contributed by atoms with Crippen molar-refractivity contribution in [3.8, 4) is 17.6 Å². The van der Waals surface area contributed by atoms with E-state index >= 15 is 0 Å². The molecule has 23 heavy (non-hydrogen) atoms. The Morgan fingerprint density at radius 3 is 2.43 bits per heavy atom. The maximum absolute atomic E-state index is 9.47. The number of hydrogen-bond acceptors (Lipinski definition) is 5. The average molecular weight is 306 g/mol. The van der Waals surface area contributed by atoms with Crippen molar-refractivity contribution < 1.29 is 14.0 Å². The number of ether oxygens (including phenoxy) is 2. The molecule has 0 aliphatic carbocycles. The van der Waals surface area contributed by atoms with E-state index in [9.17, 15) is 5.26 Å². The molecule has 0 fully saturated rings. The average Bonchev–Trinajstić information content (AvgIpc) is 3.03. The number of allylic oxidation sites excluding steroid dienone is 1. The Morgan fingerprint density at radius 2 is 1.78 bits per heavy atom. The van der Waals surface area contributed by atoms with Gasteiger partial charge in [-0.25, -0.2) is 0 Å². The molecule has 0 aliphatic rings. The van der Waals surface area contributed by atoms with Crippen LogP contribution in [-0.2, 0) is 0 Å². The van der Waals surface area contributed by atoms with E-state index in [1.54, 1.807) is 26.4 Å². The van der Waals surface area contributed by atoms with Gasteiger partial charge in [-0.3, -0.25) is 0 Å². The second-order valence-electron chi connectivity index (χ2n) is 4.84. The van der Waals surface area contributed by atoms with Crippen LogP contribution in [0.1, 0.15) is 11.3 Å². The summed E-state index contributed by atoms with van der Waals surface area (Å²) in [5.74, 6) is 1.44. The summed E-state index contributed by atoms with van der Waals surface area (Å²) in [6.07, 6.45) is 1.76. The Morgan fingerprint density at radius 1 is 1.09 bits per heavy atom. The quantitative estimate of drug-likeness (QED) is 0.684. The largest absolute Gasteiger partial charge is 0.497 e.